The highest BCUT2D eigenvalue weighted by molar-refractivity contribution is 5.08. The van der Waals surface area contributed by atoms with E-state index in [9.17, 15) is 0 Å². The molecule has 3 heteroatoms. The van der Waals surface area contributed by atoms with E-state index in [1.54, 1.807) is 0 Å². The second kappa shape index (κ2) is 6.72. The first-order valence-corrected chi connectivity index (χ1v) is 6.72. The smallest absolute Gasteiger partial charge is 0.0300 e. The van der Waals surface area contributed by atoms with Crippen LogP contribution in [0.25, 0.3) is 0 Å². The lowest BCUT2D eigenvalue weighted by molar-refractivity contribution is 0.269. The van der Waals surface area contributed by atoms with Crippen molar-refractivity contribution >= 4 is 0 Å². The summed E-state index contributed by atoms with van der Waals surface area (Å²) in [6, 6.07) is 4.76. The Morgan fingerprint density at radius 1 is 1.35 bits per heavy atom. The maximum absolute atomic E-state index is 5.83. The van der Waals surface area contributed by atoms with Gasteiger partial charge in [-0.3, -0.25) is 4.98 Å². The van der Waals surface area contributed by atoms with Gasteiger partial charge in [-0.15, -0.1) is 0 Å². The first-order chi connectivity index (χ1) is 8.40. The molecular weight excluding hydrogens is 210 g/mol. The van der Waals surface area contributed by atoms with E-state index in [0.29, 0.717) is 12.0 Å². The number of nitrogens with zero attached hydrogens (tertiary/aromatic N) is 1. The number of hydrogen-bond donors (Lipinski definition) is 2. The highest BCUT2D eigenvalue weighted by Gasteiger charge is 2.22. The van der Waals surface area contributed by atoms with Crippen LogP contribution >= 0.6 is 0 Å². The predicted molar refractivity (Wildman–Crippen MR) is 70.7 cm³/mol. The highest BCUT2D eigenvalue weighted by atomic mass is 14.9. The Hall–Kier alpha value is -0.930. The Balaban J connectivity index is 1.74. The SMILES string of the molecule is NCC1CCCCC1NCCc1cccnc1. The van der Waals surface area contributed by atoms with E-state index in [0.717, 1.165) is 19.5 Å². The summed E-state index contributed by atoms with van der Waals surface area (Å²) in [6.07, 6.45) is 10.1. The van der Waals surface area contributed by atoms with Gasteiger partial charge >= 0.3 is 0 Å². The second-order valence-electron chi connectivity index (χ2n) is 4.95. The van der Waals surface area contributed by atoms with E-state index in [4.69, 9.17) is 5.73 Å². The lowest BCUT2D eigenvalue weighted by Gasteiger charge is -2.31. The minimum Gasteiger partial charge on any atom is -0.330 e. The number of nitrogens with two attached hydrogens (primary N) is 1. The minimum atomic E-state index is 0.630. The number of rotatable bonds is 5. The molecule has 1 heterocycles. The molecule has 0 amide bonds. The minimum absolute atomic E-state index is 0.630. The highest BCUT2D eigenvalue weighted by Crippen LogP contribution is 2.23. The summed E-state index contributed by atoms with van der Waals surface area (Å²) in [4.78, 5) is 4.13. The van der Waals surface area contributed by atoms with Crippen molar-refractivity contribution in [2.24, 2.45) is 11.7 Å². The molecule has 94 valence electrons. The zero-order chi connectivity index (χ0) is 11.9. The molecule has 0 bridgehead atoms. The molecule has 17 heavy (non-hydrogen) atoms. The number of aromatic nitrogens is 1. The quantitative estimate of drug-likeness (QED) is 0.814. The molecule has 1 aromatic heterocycles. The van der Waals surface area contributed by atoms with Gasteiger partial charge in [-0.1, -0.05) is 18.9 Å². The van der Waals surface area contributed by atoms with Crippen LogP contribution in [0.15, 0.2) is 24.5 Å². The van der Waals surface area contributed by atoms with E-state index >= 15 is 0 Å². The van der Waals surface area contributed by atoms with Crippen molar-refractivity contribution < 1.29 is 0 Å². The van der Waals surface area contributed by atoms with E-state index in [1.165, 1.54) is 31.2 Å². The van der Waals surface area contributed by atoms with Crippen molar-refractivity contribution in [3.8, 4) is 0 Å². The molecule has 0 aromatic carbocycles. The fourth-order valence-corrected chi connectivity index (χ4v) is 2.71. The fraction of sp³-hybridized carbons (Fsp3) is 0.643. The van der Waals surface area contributed by atoms with Gasteiger partial charge in [0.05, 0.1) is 0 Å². The van der Waals surface area contributed by atoms with Crippen LogP contribution in [-0.2, 0) is 6.42 Å². The molecule has 1 aliphatic rings. The van der Waals surface area contributed by atoms with Crippen LogP contribution in [-0.4, -0.2) is 24.1 Å². The van der Waals surface area contributed by atoms with Crippen LogP contribution in [0.2, 0.25) is 0 Å². The van der Waals surface area contributed by atoms with Gasteiger partial charge in [0.15, 0.2) is 0 Å². The molecule has 3 N–H and O–H groups in total. The number of hydrogen-bond acceptors (Lipinski definition) is 3. The van der Waals surface area contributed by atoms with Crippen molar-refractivity contribution in [3.63, 3.8) is 0 Å². The molecule has 2 atom stereocenters. The lowest BCUT2D eigenvalue weighted by atomic mass is 9.84. The number of nitrogens with one attached hydrogen (secondary N) is 1. The van der Waals surface area contributed by atoms with Crippen molar-refractivity contribution in [1.29, 1.82) is 0 Å². The van der Waals surface area contributed by atoms with E-state index in [-0.39, 0.29) is 0 Å². The molecule has 0 saturated heterocycles. The van der Waals surface area contributed by atoms with Gasteiger partial charge < -0.3 is 11.1 Å². The third-order valence-corrected chi connectivity index (χ3v) is 3.75. The summed E-state index contributed by atoms with van der Waals surface area (Å²) in [5.41, 5.74) is 7.13. The van der Waals surface area contributed by atoms with E-state index in [1.807, 2.05) is 18.5 Å². The first-order valence-electron chi connectivity index (χ1n) is 6.72. The molecule has 2 rings (SSSR count). The molecule has 0 spiro atoms. The van der Waals surface area contributed by atoms with Crippen LogP contribution in [0, 0.1) is 5.92 Å². The Morgan fingerprint density at radius 3 is 3.00 bits per heavy atom. The molecule has 3 nitrogen and oxygen atoms in total. The molecule has 0 aliphatic heterocycles. The van der Waals surface area contributed by atoms with Crippen LogP contribution < -0.4 is 11.1 Å². The predicted octanol–water partition coefficient (Wildman–Crippen LogP) is 1.73. The molecule has 0 radical (unpaired) electrons. The summed E-state index contributed by atoms with van der Waals surface area (Å²) >= 11 is 0. The Labute approximate surface area is 104 Å². The van der Waals surface area contributed by atoms with Gasteiger partial charge in [0.1, 0.15) is 0 Å². The van der Waals surface area contributed by atoms with Crippen molar-refractivity contribution in [1.82, 2.24) is 10.3 Å². The standard InChI is InChI=1S/C14H23N3/c15-10-13-5-1-2-6-14(13)17-9-7-12-4-3-8-16-11-12/h3-4,8,11,13-14,17H,1-2,5-7,9-10,15H2. The molecular formula is C14H23N3. The summed E-state index contributed by atoms with van der Waals surface area (Å²) in [6.45, 7) is 1.86. The summed E-state index contributed by atoms with van der Waals surface area (Å²) in [7, 11) is 0. The fourth-order valence-electron chi connectivity index (χ4n) is 2.71. The topological polar surface area (TPSA) is 50.9 Å². The van der Waals surface area contributed by atoms with E-state index < -0.39 is 0 Å². The van der Waals surface area contributed by atoms with Crippen molar-refractivity contribution in [2.45, 2.75) is 38.1 Å². The maximum atomic E-state index is 5.83. The average molecular weight is 233 g/mol. The third-order valence-electron chi connectivity index (χ3n) is 3.75. The molecule has 1 fully saturated rings. The zero-order valence-electron chi connectivity index (χ0n) is 10.4. The second-order valence-corrected chi connectivity index (χ2v) is 4.95. The van der Waals surface area contributed by atoms with Crippen LogP contribution in [0.1, 0.15) is 31.2 Å². The van der Waals surface area contributed by atoms with Gasteiger partial charge in [0, 0.05) is 18.4 Å². The normalized spacial score (nSPS) is 24.8. The van der Waals surface area contributed by atoms with Gasteiger partial charge in [-0.25, -0.2) is 0 Å². The molecule has 2 unspecified atom stereocenters. The molecule has 1 aromatic rings. The van der Waals surface area contributed by atoms with Gasteiger partial charge in [0.2, 0.25) is 0 Å². The average Bonchev–Trinajstić information content (AvgIpc) is 2.40. The van der Waals surface area contributed by atoms with Crippen molar-refractivity contribution in [2.75, 3.05) is 13.1 Å². The Bertz CT molecular complexity index is 313. The summed E-state index contributed by atoms with van der Waals surface area (Å²) in [5, 5.41) is 3.66. The Kier molecular flexibility index (Phi) is 4.95. The number of pyridine rings is 1. The largest absolute Gasteiger partial charge is 0.330 e. The maximum Gasteiger partial charge on any atom is 0.0300 e. The summed E-state index contributed by atoms with van der Waals surface area (Å²) in [5.74, 6) is 0.678. The van der Waals surface area contributed by atoms with Gasteiger partial charge in [0.25, 0.3) is 0 Å². The molecule has 1 aliphatic carbocycles. The first kappa shape index (κ1) is 12.5. The van der Waals surface area contributed by atoms with Crippen molar-refractivity contribution in [3.05, 3.63) is 30.1 Å². The summed E-state index contributed by atoms with van der Waals surface area (Å²) < 4.78 is 0. The van der Waals surface area contributed by atoms with Crippen LogP contribution in [0.3, 0.4) is 0 Å². The van der Waals surface area contributed by atoms with E-state index in [2.05, 4.69) is 16.4 Å². The zero-order valence-corrected chi connectivity index (χ0v) is 10.4. The van der Waals surface area contributed by atoms with Crippen LogP contribution in [0.5, 0.6) is 0 Å². The van der Waals surface area contributed by atoms with Gasteiger partial charge in [-0.05, 0) is 49.9 Å². The Morgan fingerprint density at radius 2 is 2.24 bits per heavy atom. The lowest BCUT2D eigenvalue weighted by Crippen LogP contribution is -2.42. The third kappa shape index (κ3) is 3.79. The van der Waals surface area contributed by atoms with Gasteiger partial charge in [-0.2, -0.15) is 0 Å². The monoisotopic (exact) mass is 233 g/mol. The molecule has 1 saturated carbocycles. The van der Waals surface area contributed by atoms with Crippen LogP contribution in [0.4, 0.5) is 0 Å².